The summed E-state index contributed by atoms with van der Waals surface area (Å²) in [4.78, 5) is 0. The van der Waals surface area contributed by atoms with E-state index in [0.29, 0.717) is 0 Å². The predicted octanol–water partition coefficient (Wildman–Crippen LogP) is 0.496. The average molecular weight is 69.1 g/mol. The molecular weight excluding hydrogens is 68.1 g/mol. The maximum absolute atomic E-state index is 4.56. The zero-order valence-electron chi connectivity index (χ0n) is 1.99. The van der Waals surface area contributed by atoms with E-state index in [4.69, 9.17) is 0 Å². The summed E-state index contributed by atoms with van der Waals surface area (Å²) < 4.78 is 0. The highest BCUT2D eigenvalue weighted by Crippen LogP contribution is 1.35. The summed E-state index contributed by atoms with van der Waals surface area (Å²) >= 11 is 4.07. The molecule has 0 saturated carbocycles. The SMILES string of the molecule is C#C[C+]=S. The molecule has 1 heteroatoms. The summed E-state index contributed by atoms with van der Waals surface area (Å²) in [5.41, 5.74) is 0. The second kappa shape index (κ2) is 2.56. The van der Waals surface area contributed by atoms with Gasteiger partial charge in [0, 0.05) is 0 Å². The van der Waals surface area contributed by atoms with Gasteiger partial charge in [-0.25, -0.2) is 0 Å². The molecule has 0 spiro atoms. The Morgan fingerprint density at radius 2 is 2.25 bits per heavy atom. The first kappa shape index (κ1) is 3.56. The van der Waals surface area contributed by atoms with E-state index in [2.05, 4.69) is 18.6 Å². The van der Waals surface area contributed by atoms with Gasteiger partial charge in [0.2, 0.25) is 11.3 Å². The highest BCUT2D eigenvalue weighted by Gasteiger charge is 1.54. The van der Waals surface area contributed by atoms with Crippen LogP contribution in [0.15, 0.2) is 0 Å². The van der Waals surface area contributed by atoms with Crippen molar-refractivity contribution in [2.24, 2.45) is 0 Å². The van der Waals surface area contributed by atoms with Gasteiger partial charge in [0.15, 0.2) is 0 Å². The van der Waals surface area contributed by atoms with Crippen LogP contribution in [0.5, 0.6) is 0 Å². The molecule has 0 aliphatic heterocycles. The first-order chi connectivity index (χ1) is 1.91. The Morgan fingerprint density at radius 1 is 2.00 bits per heavy atom. The Labute approximate surface area is 30.8 Å². The minimum atomic E-state index is 2.00. The third kappa shape index (κ3) is 1.56. The second-order valence-electron chi connectivity index (χ2n) is 0.246. The largest absolute Gasteiger partial charge is 0.248 e. The van der Waals surface area contributed by atoms with Crippen molar-refractivity contribution in [2.75, 3.05) is 0 Å². The zero-order chi connectivity index (χ0) is 3.41. The summed E-state index contributed by atoms with van der Waals surface area (Å²) in [6.07, 6.45) is 4.56. The molecule has 0 aromatic heterocycles. The highest BCUT2D eigenvalue weighted by molar-refractivity contribution is 7.79. The van der Waals surface area contributed by atoms with Gasteiger partial charge in [-0.05, 0) is 0 Å². The van der Waals surface area contributed by atoms with Crippen molar-refractivity contribution < 1.29 is 0 Å². The number of hydrogen-bond donors (Lipinski definition) is 0. The number of hydrogen-bond acceptors (Lipinski definition) is 1. The molecule has 0 aromatic rings. The second-order valence-corrected chi connectivity index (χ2v) is 0.451. The van der Waals surface area contributed by atoms with Gasteiger partial charge in [-0.3, -0.25) is 0 Å². The smallest absolute Gasteiger partial charge is 0.115 e. The van der Waals surface area contributed by atoms with Crippen molar-refractivity contribution in [2.45, 2.75) is 0 Å². The first-order valence-electron chi connectivity index (χ1n) is 0.743. The summed E-state index contributed by atoms with van der Waals surface area (Å²) in [5, 5.41) is 2.04. The molecule has 0 radical (unpaired) electrons. The van der Waals surface area contributed by atoms with Crippen molar-refractivity contribution in [3.8, 4) is 12.3 Å². The molecular formula is C3HS+. The molecule has 0 nitrogen and oxygen atoms in total. The minimum Gasteiger partial charge on any atom is 0.115 e. The van der Waals surface area contributed by atoms with E-state index in [0.717, 1.165) is 0 Å². The maximum atomic E-state index is 4.56. The van der Waals surface area contributed by atoms with Crippen molar-refractivity contribution in [1.29, 1.82) is 0 Å². The lowest BCUT2D eigenvalue weighted by atomic mass is 10.8. The van der Waals surface area contributed by atoms with Crippen molar-refractivity contribution >= 4 is 17.6 Å². The van der Waals surface area contributed by atoms with Crippen LogP contribution in [0.2, 0.25) is 0 Å². The fraction of sp³-hybridized carbons (Fsp3) is 0. The Kier molecular flexibility index (Phi) is 2.28. The molecule has 0 atom stereocenters. The normalized spacial score (nSPS) is 2.75. The predicted molar refractivity (Wildman–Crippen MR) is 21.4 cm³/mol. The average Bonchev–Trinajstić information content (AvgIpc) is 1.37. The Morgan fingerprint density at radius 3 is 2.25 bits per heavy atom. The molecule has 0 N–H and O–H groups in total. The van der Waals surface area contributed by atoms with Gasteiger partial charge >= 0.3 is 0 Å². The molecule has 18 valence electrons. The monoisotopic (exact) mass is 69.0 g/mol. The molecule has 4 heavy (non-hydrogen) atoms. The van der Waals surface area contributed by atoms with Crippen molar-refractivity contribution in [3.63, 3.8) is 0 Å². The van der Waals surface area contributed by atoms with Crippen molar-refractivity contribution in [1.82, 2.24) is 0 Å². The van der Waals surface area contributed by atoms with Gasteiger partial charge in [0.25, 0.3) is 0 Å². The van der Waals surface area contributed by atoms with Crippen LogP contribution in [0.4, 0.5) is 0 Å². The van der Waals surface area contributed by atoms with E-state index in [9.17, 15) is 0 Å². The fourth-order valence-corrected chi connectivity index (χ4v) is 0. The van der Waals surface area contributed by atoms with Crippen molar-refractivity contribution in [3.05, 3.63) is 0 Å². The fourth-order valence-electron chi connectivity index (χ4n) is 0. The van der Waals surface area contributed by atoms with E-state index in [-0.39, 0.29) is 0 Å². The summed E-state index contributed by atoms with van der Waals surface area (Å²) in [6.45, 7) is 0. The van der Waals surface area contributed by atoms with Crippen LogP contribution in [0.1, 0.15) is 0 Å². The molecule has 0 fully saturated rings. The summed E-state index contributed by atoms with van der Waals surface area (Å²) in [5.74, 6) is 2.00. The van der Waals surface area contributed by atoms with Gasteiger partial charge in [-0.1, -0.05) is 0 Å². The van der Waals surface area contributed by atoms with E-state index in [1.165, 1.54) is 0 Å². The van der Waals surface area contributed by atoms with E-state index in [1.807, 2.05) is 11.3 Å². The van der Waals surface area contributed by atoms with Crippen LogP contribution >= 0.6 is 12.2 Å². The van der Waals surface area contributed by atoms with E-state index in [1.54, 1.807) is 0 Å². The number of thiocarbonyl (C=S) groups is 1. The standard InChI is InChI=1S/C3HS/c1-2-3-4/h1H/q+1. The highest BCUT2D eigenvalue weighted by atomic mass is 32.1. The maximum Gasteiger partial charge on any atom is 0.248 e. The summed E-state index contributed by atoms with van der Waals surface area (Å²) in [7, 11) is 0. The third-order valence-electron chi connectivity index (χ3n) is 0.0589. The molecule has 0 aliphatic rings. The molecule has 0 amide bonds. The lowest BCUT2D eigenvalue weighted by Crippen LogP contribution is -1.39. The number of rotatable bonds is 0. The van der Waals surface area contributed by atoms with Crippen LogP contribution in [0.3, 0.4) is 0 Å². The van der Waals surface area contributed by atoms with Crippen LogP contribution in [-0.2, 0) is 0 Å². The van der Waals surface area contributed by atoms with E-state index < -0.39 is 0 Å². The number of terminal acetylenes is 1. The van der Waals surface area contributed by atoms with Gasteiger partial charge in [-0.2, -0.15) is 0 Å². The lowest BCUT2D eigenvalue weighted by Gasteiger charge is -1.10. The van der Waals surface area contributed by atoms with Crippen LogP contribution < -0.4 is 0 Å². The lowest BCUT2D eigenvalue weighted by molar-refractivity contribution is 2.99. The molecule has 0 saturated heterocycles. The molecule has 0 aromatic carbocycles. The summed E-state index contributed by atoms with van der Waals surface area (Å²) in [6, 6.07) is 0. The van der Waals surface area contributed by atoms with Gasteiger partial charge in [0.05, 0.1) is 0 Å². The first-order valence-corrected chi connectivity index (χ1v) is 1.15. The van der Waals surface area contributed by atoms with Crippen LogP contribution in [0.25, 0.3) is 0 Å². The van der Waals surface area contributed by atoms with Gasteiger partial charge in [0.1, 0.15) is 18.6 Å². The zero-order valence-corrected chi connectivity index (χ0v) is 2.80. The van der Waals surface area contributed by atoms with Gasteiger partial charge < -0.3 is 0 Å². The van der Waals surface area contributed by atoms with Crippen LogP contribution in [-0.4, -0.2) is 5.37 Å². The molecule has 0 unspecified atom stereocenters. The van der Waals surface area contributed by atoms with Gasteiger partial charge in [-0.15, -0.1) is 0 Å². The Bertz CT molecular complexity index is 48.8. The van der Waals surface area contributed by atoms with Crippen LogP contribution in [0, 0.1) is 12.3 Å². The van der Waals surface area contributed by atoms with E-state index >= 15 is 0 Å². The Hall–Kier alpha value is -0.440. The minimum absolute atomic E-state index is 2.00. The Balaban J connectivity index is 2.92. The topological polar surface area (TPSA) is 0 Å². The third-order valence-corrected chi connectivity index (χ3v) is 0.177. The molecule has 0 bridgehead atoms. The molecule has 0 aliphatic carbocycles. The molecule has 0 rings (SSSR count). The molecule has 0 heterocycles. The quantitative estimate of drug-likeness (QED) is 0.227.